The molecule has 0 spiro atoms. The van der Waals surface area contributed by atoms with E-state index in [0.717, 1.165) is 0 Å². The number of hydrazone groups is 1. The monoisotopic (exact) mass is 408 g/mol. The predicted octanol–water partition coefficient (Wildman–Crippen LogP) is 1.66. The molecule has 0 unspecified atom stereocenters. The fraction of sp³-hybridized carbons (Fsp3) is 0.111. The van der Waals surface area contributed by atoms with Crippen LogP contribution in [0.15, 0.2) is 56.8 Å². The zero-order chi connectivity index (χ0) is 20.9. The highest BCUT2D eigenvalue weighted by molar-refractivity contribution is 5.98. The summed E-state index contributed by atoms with van der Waals surface area (Å²) in [7, 11) is 0. The Morgan fingerprint density at radius 3 is 2.80 bits per heavy atom. The van der Waals surface area contributed by atoms with Gasteiger partial charge in [0.15, 0.2) is 5.69 Å². The normalized spacial score (nSPS) is 11.1. The number of rotatable bonds is 7. The van der Waals surface area contributed by atoms with Crippen molar-refractivity contribution in [2.75, 3.05) is 12.3 Å². The molecule has 12 heteroatoms. The molecule has 3 heterocycles. The Morgan fingerprint density at radius 1 is 1.30 bits per heavy atom. The second kappa shape index (κ2) is 8.26. The summed E-state index contributed by atoms with van der Waals surface area (Å²) in [6.07, 6.45) is 2.85. The van der Waals surface area contributed by atoms with Crippen LogP contribution in [-0.4, -0.2) is 44.0 Å². The smallest absolute Gasteiger partial charge is 0.294 e. The highest BCUT2D eigenvalue weighted by Crippen LogP contribution is 2.28. The van der Waals surface area contributed by atoms with Gasteiger partial charge < -0.3 is 14.9 Å². The zero-order valence-corrected chi connectivity index (χ0v) is 15.7. The van der Waals surface area contributed by atoms with Crippen molar-refractivity contribution in [1.29, 1.82) is 0 Å². The van der Waals surface area contributed by atoms with Crippen LogP contribution in [-0.2, 0) is 0 Å². The van der Waals surface area contributed by atoms with Gasteiger partial charge in [-0.25, -0.2) is 10.1 Å². The number of aromatic nitrogens is 5. The number of carbonyl (C=O) groups excluding carboxylic acids is 1. The topological polar surface area (TPSA) is 159 Å². The lowest BCUT2D eigenvalue weighted by atomic mass is 10.1. The molecule has 4 aromatic rings. The summed E-state index contributed by atoms with van der Waals surface area (Å²) >= 11 is 0. The third-order valence-electron chi connectivity index (χ3n) is 3.92. The average molecular weight is 408 g/mol. The number of nitrogens with two attached hydrogens (primary N) is 1. The zero-order valence-electron chi connectivity index (χ0n) is 15.7. The van der Waals surface area contributed by atoms with E-state index in [9.17, 15) is 4.79 Å². The van der Waals surface area contributed by atoms with Crippen LogP contribution in [0.5, 0.6) is 5.75 Å². The SMILES string of the molecule is CCOc1ccc(-c2c(C(=O)NN=Cc3ccco3)nnn2-c2nonc2N)cc1. The summed E-state index contributed by atoms with van der Waals surface area (Å²) in [5, 5.41) is 19.1. The molecule has 0 aliphatic rings. The summed E-state index contributed by atoms with van der Waals surface area (Å²) in [6.45, 7) is 2.42. The van der Waals surface area contributed by atoms with Gasteiger partial charge in [-0.05, 0) is 53.6 Å². The maximum Gasteiger partial charge on any atom is 0.294 e. The molecule has 30 heavy (non-hydrogen) atoms. The number of nitrogens with one attached hydrogen (secondary N) is 1. The molecule has 0 radical (unpaired) electrons. The number of ether oxygens (including phenoxy) is 1. The molecule has 3 N–H and O–H groups in total. The van der Waals surface area contributed by atoms with Crippen LogP contribution in [0, 0.1) is 0 Å². The standard InChI is InChI=1S/C18H16N8O4/c1-2-28-12-7-5-11(6-8-12)15-14(18(27)22-20-10-13-4-3-9-29-13)21-25-26(15)17-16(19)23-30-24-17/h3-10H,2H2,1H3,(H2,19,23)(H,22,27). The Balaban J connectivity index is 1.70. The number of benzene rings is 1. The first kappa shape index (κ1) is 18.9. The third kappa shape index (κ3) is 3.73. The minimum Gasteiger partial charge on any atom is -0.494 e. The molecule has 1 amide bonds. The molecule has 3 aromatic heterocycles. The second-order valence-corrected chi connectivity index (χ2v) is 5.84. The molecule has 0 bridgehead atoms. The Kier molecular flexibility index (Phi) is 5.19. The molecule has 0 saturated carbocycles. The molecule has 152 valence electrons. The molecule has 0 aliphatic carbocycles. The van der Waals surface area contributed by atoms with Crippen molar-refractivity contribution in [2.24, 2.45) is 5.10 Å². The Morgan fingerprint density at radius 2 is 2.13 bits per heavy atom. The molecule has 0 atom stereocenters. The predicted molar refractivity (Wildman–Crippen MR) is 104 cm³/mol. The first-order valence-corrected chi connectivity index (χ1v) is 8.81. The van der Waals surface area contributed by atoms with Crippen LogP contribution in [0.4, 0.5) is 5.82 Å². The first-order valence-electron chi connectivity index (χ1n) is 8.81. The van der Waals surface area contributed by atoms with E-state index in [4.69, 9.17) is 14.9 Å². The van der Waals surface area contributed by atoms with Crippen LogP contribution < -0.4 is 15.9 Å². The summed E-state index contributed by atoms with van der Waals surface area (Å²) in [5.74, 6) is 0.659. The van der Waals surface area contributed by atoms with Gasteiger partial charge in [-0.15, -0.1) is 5.10 Å². The summed E-state index contributed by atoms with van der Waals surface area (Å²) in [5.41, 5.74) is 9.12. The van der Waals surface area contributed by atoms with E-state index in [-0.39, 0.29) is 17.3 Å². The molecule has 12 nitrogen and oxygen atoms in total. The van der Waals surface area contributed by atoms with Crippen molar-refractivity contribution in [3.05, 3.63) is 54.1 Å². The Hall–Kier alpha value is -4.48. The van der Waals surface area contributed by atoms with E-state index in [2.05, 4.69) is 35.8 Å². The van der Waals surface area contributed by atoms with E-state index < -0.39 is 5.91 Å². The average Bonchev–Trinajstić information content (AvgIpc) is 3.49. The molecular formula is C18H16N8O4. The van der Waals surface area contributed by atoms with Gasteiger partial charge in [0, 0.05) is 5.56 Å². The van der Waals surface area contributed by atoms with Crippen molar-refractivity contribution in [1.82, 2.24) is 30.7 Å². The van der Waals surface area contributed by atoms with Crippen LogP contribution in [0.25, 0.3) is 17.1 Å². The lowest BCUT2D eigenvalue weighted by molar-refractivity contribution is 0.0950. The van der Waals surface area contributed by atoms with Gasteiger partial charge in [0.25, 0.3) is 5.91 Å². The van der Waals surface area contributed by atoms with E-state index in [1.807, 2.05) is 6.92 Å². The fourth-order valence-corrected chi connectivity index (χ4v) is 2.63. The lowest BCUT2D eigenvalue weighted by Crippen LogP contribution is -2.19. The highest BCUT2D eigenvalue weighted by Gasteiger charge is 2.25. The fourth-order valence-electron chi connectivity index (χ4n) is 2.63. The van der Waals surface area contributed by atoms with E-state index in [1.165, 1.54) is 17.2 Å². The molecule has 4 rings (SSSR count). The molecule has 0 fully saturated rings. The summed E-state index contributed by atoms with van der Waals surface area (Å²) in [6, 6.07) is 10.4. The molecule has 0 aliphatic heterocycles. The quantitative estimate of drug-likeness (QED) is 0.342. The van der Waals surface area contributed by atoms with Gasteiger partial charge in [-0.2, -0.15) is 9.78 Å². The number of furan rings is 1. The lowest BCUT2D eigenvalue weighted by Gasteiger charge is -2.07. The highest BCUT2D eigenvalue weighted by atomic mass is 16.6. The van der Waals surface area contributed by atoms with Gasteiger partial charge in [-0.3, -0.25) is 4.79 Å². The number of carbonyl (C=O) groups is 1. The van der Waals surface area contributed by atoms with E-state index in [0.29, 0.717) is 29.4 Å². The van der Waals surface area contributed by atoms with Crippen LogP contribution in [0.2, 0.25) is 0 Å². The van der Waals surface area contributed by atoms with Gasteiger partial charge in [-0.1, -0.05) is 5.21 Å². The summed E-state index contributed by atoms with van der Waals surface area (Å²) < 4.78 is 16.5. The minimum absolute atomic E-state index is 0.00171. The van der Waals surface area contributed by atoms with Gasteiger partial charge >= 0.3 is 0 Å². The van der Waals surface area contributed by atoms with Crippen molar-refractivity contribution >= 4 is 17.9 Å². The molecular weight excluding hydrogens is 392 g/mol. The maximum absolute atomic E-state index is 12.7. The van der Waals surface area contributed by atoms with E-state index >= 15 is 0 Å². The van der Waals surface area contributed by atoms with Gasteiger partial charge in [0.2, 0.25) is 11.6 Å². The van der Waals surface area contributed by atoms with Crippen LogP contribution >= 0.6 is 0 Å². The first-order chi connectivity index (χ1) is 14.7. The van der Waals surface area contributed by atoms with Crippen molar-refractivity contribution in [2.45, 2.75) is 6.92 Å². The largest absolute Gasteiger partial charge is 0.494 e. The Bertz CT molecular complexity index is 1160. The van der Waals surface area contributed by atoms with Crippen LogP contribution in [0.3, 0.4) is 0 Å². The van der Waals surface area contributed by atoms with Crippen molar-refractivity contribution in [3.63, 3.8) is 0 Å². The number of nitrogens with zero attached hydrogens (tertiary/aromatic N) is 6. The number of hydrogen-bond acceptors (Lipinski definition) is 10. The van der Waals surface area contributed by atoms with Crippen molar-refractivity contribution in [3.8, 4) is 22.8 Å². The number of hydrogen-bond donors (Lipinski definition) is 2. The summed E-state index contributed by atoms with van der Waals surface area (Å²) in [4.78, 5) is 12.7. The number of nitrogen functional groups attached to an aromatic ring is 1. The Labute approximate surface area is 169 Å². The van der Waals surface area contributed by atoms with Crippen LogP contribution in [0.1, 0.15) is 23.2 Å². The molecule has 0 saturated heterocycles. The third-order valence-corrected chi connectivity index (χ3v) is 3.92. The van der Waals surface area contributed by atoms with Crippen molar-refractivity contribution < 1.29 is 18.6 Å². The second-order valence-electron chi connectivity index (χ2n) is 5.84. The van der Waals surface area contributed by atoms with Gasteiger partial charge in [0.1, 0.15) is 17.2 Å². The maximum atomic E-state index is 12.7. The minimum atomic E-state index is -0.594. The van der Waals surface area contributed by atoms with Gasteiger partial charge in [0.05, 0.1) is 19.1 Å². The molecule has 1 aromatic carbocycles. The number of anilines is 1. The number of amides is 1. The van der Waals surface area contributed by atoms with E-state index in [1.54, 1.807) is 36.4 Å².